The largest absolute Gasteiger partial charge is 0.496 e. The molecular weight excluding hydrogens is 288 g/mol. The van der Waals surface area contributed by atoms with Crippen LogP contribution in [0, 0.1) is 5.41 Å². The average Bonchev–Trinajstić information content (AvgIpc) is 2.92. The summed E-state index contributed by atoms with van der Waals surface area (Å²) in [4.78, 5) is 0.241. The van der Waals surface area contributed by atoms with Crippen LogP contribution in [0.2, 0.25) is 0 Å². The van der Waals surface area contributed by atoms with Gasteiger partial charge in [-0.25, -0.2) is 13.1 Å². The first-order valence-electron chi connectivity index (χ1n) is 7.27. The molecule has 0 spiro atoms. The second-order valence-electron chi connectivity index (χ2n) is 6.02. The van der Waals surface area contributed by atoms with Crippen LogP contribution in [0.5, 0.6) is 5.75 Å². The van der Waals surface area contributed by atoms with Crippen LogP contribution >= 0.6 is 0 Å². The fourth-order valence-corrected chi connectivity index (χ4v) is 4.09. The molecule has 1 aromatic rings. The van der Waals surface area contributed by atoms with E-state index in [9.17, 15) is 8.42 Å². The van der Waals surface area contributed by atoms with E-state index in [1.165, 1.54) is 12.8 Å². The number of methoxy groups -OCH3 is 1. The standard InChI is InChI=1S/C15H24N2O3S/c1-15(7-3-4-8-15)11-17-21(18,19)13-5-6-14(20-2)12(9-13)10-16/h5-6,9,17H,3-4,7-8,10-11,16H2,1-2H3. The Balaban J connectivity index is 2.15. The lowest BCUT2D eigenvalue weighted by Gasteiger charge is -2.23. The van der Waals surface area contributed by atoms with Gasteiger partial charge in [0.15, 0.2) is 0 Å². The smallest absolute Gasteiger partial charge is 0.240 e. The number of ether oxygens (including phenoxy) is 1. The molecule has 21 heavy (non-hydrogen) atoms. The number of rotatable bonds is 6. The van der Waals surface area contributed by atoms with E-state index in [2.05, 4.69) is 11.6 Å². The molecule has 0 aromatic heterocycles. The van der Waals surface area contributed by atoms with Crippen LogP contribution in [0.15, 0.2) is 23.1 Å². The minimum atomic E-state index is -3.50. The Hall–Kier alpha value is -1.11. The number of sulfonamides is 1. The average molecular weight is 312 g/mol. The molecule has 0 saturated heterocycles. The molecule has 6 heteroatoms. The lowest BCUT2D eigenvalue weighted by molar-refractivity contribution is 0.336. The summed E-state index contributed by atoms with van der Waals surface area (Å²) in [5, 5.41) is 0. The van der Waals surface area contributed by atoms with Gasteiger partial charge >= 0.3 is 0 Å². The monoisotopic (exact) mass is 312 g/mol. The van der Waals surface area contributed by atoms with Gasteiger partial charge in [-0.3, -0.25) is 0 Å². The number of hydrogen-bond donors (Lipinski definition) is 2. The minimum Gasteiger partial charge on any atom is -0.496 e. The number of benzene rings is 1. The minimum absolute atomic E-state index is 0.0796. The summed E-state index contributed by atoms with van der Waals surface area (Å²) in [5.74, 6) is 0.610. The predicted octanol–water partition coefficient (Wildman–Crippen LogP) is 2.01. The number of hydrogen-bond acceptors (Lipinski definition) is 4. The molecule has 2 rings (SSSR count). The molecule has 1 fully saturated rings. The van der Waals surface area contributed by atoms with E-state index in [4.69, 9.17) is 10.5 Å². The molecule has 3 N–H and O–H groups in total. The Bertz CT molecular complexity index is 593. The van der Waals surface area contributed by atoms with Crippen molar-refractivity contribution in [1.29, 1.82) is 0 Å². The van der Waals surface area contributed by atoms with Gasteiger partial charge in [0, 0.05) is 18.7 Å². The maximum Gasteiger partial charge on any atom is 0.240 e. The van der Waals surface area contributed by atoms with E-state index in [-0.39, 0.29) is 16.9 Å². The summed E-state index contributed by atoms with van der Waals surface area (Å²) < 4.78 is 32.7. The Morgan fingerprint density at radius 3 is 2.57 bits per heavy atom. The highest BCUT2D eigenvalue weighted by atomic mass is 32.2. The summed E-state index contributed by atoms with van der Waals surface area (Å²) in [5.41, 5.74) is 6.40. The summed E-state index contributed by atoms with van der Waals surface area (Å²) in [6.07, 6.45) is 4.51. The molecule has 118 valence electrons. The van der Waals surface area contributed by atoms with Crippen molar-refractivity contribution in [3.05, 3.63) is 23.8 Å². The summed E-state index contributed by atoms with van der Waals surface area (Å²) in [6.45, 7) is 2.87. The van der Waals surface area contributed by atoms with Crippen LogP contribution in [0.25, 0.3) is 0 Å². The molecule has 0 bridgehead atoms. The fraction of sp³-hybridized carbons (Fsp3) is 0.600. The van der Waals surface area contributed by atoms with Crippen molar-refractivity contribution in [2.24, 2.45) is 11.1 Å². The maximum atomic E-state index is 12.4. The molecular formula is C15H24N2O3S. The predicted molar refractivity (Wildman–Crippen MR) is 82.6 cm³/mol. The first kappa shape index (κ1) is 16.3. The van der Waals surface area contributed by atoms with Crippen molar-refractivity contribution in [1.82, 2.24) is 4.72 Å². The summed E-state index contributed by atoms with van der Waals surface area (Å²) >= 11 is 0. The number of nitrogens with two attached hydrogens (primary N) is 1. The molecule has 1 saturated carbocycles. The van der Waals surface area contributed by atoms with Crippen molar-refractivity contribution >= 4 is 10.0 Å². The molecule has 0 radical (unpaired) electrons. The summed E-state index contributed by atoms with van der Waals surface area (Å²) in [7, 11) is -1.96. The van der Waals surface area contributed by atoms with Gasteiger partial charge in [0.05, 0.1) is 12.0 Å². The summed E-state index contributed by atoms with van der Waals surface area (Å²) in [6, 6.07) is 4.78. The van der Waals surface area contributed by atoms with Gasteiger partial charge in [-0.1, -0.05) is 19.8 Å². The van der Waals surface area contributed by atoms with Gasteiger partial charge in [-0.05, 0) is 36.5 Å². The lowest BCUT2D eigenvalue weighted by Crippen LogP contribution is -2.34. The number of nitrogens with one attached hydrogen (secondary N) is 1. The highest BCUT2D eigenvalue weighted by molar-refractivity contribution is 7.89. The Labute approximate surface area is 126 Å². The van der Waals surface area contributed by atoms with Crippen molar-refractivity contribution in [3.63, 3.8) is 0 Å². The highest BCUT2D eigenvalue weighted by Crippen LogP contribution is 2.37. The van der Waals surface area contributed by atoms with Gasteiger partial charge < -0.3 is 10.5 Å². The Kier molecular flexibility index (Phi) is 4.91. The van der Waals surface area contributed by atoms with E-state index >= 15 is 0 Å². The van der Waals surface area contributed by atoms with Crippen LogP contribution in [-0.2, 0) is 16.6 Å². The first-order chi connectivity index (χ1) is 9.90. The zero-order valence-corrected chi connectivity index (χ0v) is 13.5. The van der Waals surface area contributed by atoms with Gasteiger partial charge in [0.25, 0.3) is 0 Å². The quantitative estimate of drug-likeness (QED) is 0.842. The molecule has 5 nitrogen and oxygen atoms in total. The third-order valence-corrected chi connectivity index (χ3v) is 5.68. The van der Waals surface area contributed by atoms with Crippen LogP contribution < -0.4 is 15.2 Å². The van der Waals surface area contributed by atoms with E-state index in [0.717, 1.165) is 12.8 Å². The second kappa shape index (κ2) is 6.34. The van der Waals surface area contributed by atoms with E-state index in [0.29, 0.717) is 17.9 Å². The Morgan fingerprint density at radius 2 is 2.00 bits per heavy atom. The molecule has 0 heterocycles. The van der Waals surface area contributed by atoms with Crippen LogP contribution in [0.4, 0.5) is 0 Å². The fourth-order valence-electron chi connectivity index (χ4n) is 2.84. The third-order valence-electron chi connectivity index (χ3n) is 4.28. The Morgan fingerprint density at radius 1 is 1.33 bits per heavy atom. The van der Waals surface area contributed by atoms with Gasteiger partial charge in [-0.2, -0.15) is 0 Å². The lowest BCUT2D eigenvalue weighted by atomic mass is 9.89. The van der Waals surface area contributed by atoms with Crippen LogP contribution in [0.3, 0.4) is 0 Å². The van der Waals surface area contributed by atoms with Crippen molar-refractivity contribution in [2.75, 3.05) is 13.7 Å². The normalized spacial score (nSPS) is 17.9. The highest BCUT2D eigenvalue weighted by Gasteiger charge is 2.30. The zero-order valence-electron chi connectivity index (χ0n) is 12.7. The molecule has 0 atom stereocenters. The van der Waals surface area contributed by atoms with Crippen molar-refractivity contribution in [2.45, 2.75) is 44.0 Å². The molecule has 1 aromatic carbocycles. The topological polar surface area (TPSA) is 81.4 Å². The maximum absolute atomic E-state index is 12.4. The molecule has 0 aliphatic heterocycles. The van der Waals surface area contributed by atoms with Crippen molar-refractivity contribution in [3.8, 4) is 5.75 Å². The van der Waals surface area contributed by atoms with Gasteiger partial charge in [0.2, 0.25) is 10.0 Å². The van der Waals surface area contributed by atoms with E-state index < -0.39 is 10.0 Å². The van der Waals surface area contributed by atoms with Crippen LogP contribution in [0.1, 0.15) is 38.2 Å². The van der Waals surface area contributed by atoms with Crippen LogP contribution in [-0.4, -0.2) is 22.1 Å². The van der Waals surface area contributed by atoms with E-state index in [1.807, 2.05) is 0 Å². The zero-order chi connectivity index (χ0) is 15.5. The SMILES string of the molecule is COc1ccc(S(=O)(=O)NCC2(C)CCCC2)cc1CN. The molecule has 0 unspecified atom stereocenters. The molecule has 0 amide bonds. The third kappa shape index (κ3) is 3.75. The van der Waals surface area contributed by atoms with E-state index in [1.54, 1.807) is 25.3 Å². The molecule has 1 aliphatic carbocycles. The van der Waals surface area contributed by atoms with Gasteiger partial charge in [0.1, 0.15) is 5.75 Å². The van der Waals surface area contributed by atoms with Crippen molar-refractivity contribution < 1.29 is 13.2 Å². The second-order valence-corrected chi connectivity index (χ2v) is 7.79. The molecule has 1 aliphatic rings. The van der Waals surface area contributed by atoms with Gasteiger partial charge in [-0.15, -0.1) is 0 Å². The first-order valence-corrected chi connectivity index (χ1v) is 8.75.